The van der Waals surface area contributed by atoms with Crippen molar-refractivity contribution in [2.45, 2.75) is 33.1 Å². The Morgan fingerprint density at radius 3 is 2.31 bits per heavy atom. The molecule has 1 aromatic rings. The van der Waals surface area contributed by atoms with Gasteiger partial charge in [-0.05, 0) is 41.2 Å². The number of rotatable bonds is 2. The van der Waals surface area contributed by atoms with E-state index < -0.39 is 0 Å². The Morgan fingerprint density at radius 2 is 1.88 bits per heavy atom. The molecule has 0 aromatic heterocycles. The highest BCUT2D eigenvalue weighted by atomic mass is 14.5. The number of nitrogen functional groups attached to an aromatic ring is 1. The number of benzene rings is 1. The predicted octanol–water partition coefficient (Wildman–Crippen LogP) is 4.24. The van der Waals surface area contributed by atoms with Crippen LogP contribution in [-0.4, -0.2) is 0 Å². The summed E-state index contributed by atoms with van der Waals surface area (Å²) in [5, 5.41) is 0. The molecule has 2 N–H and O–H groups in total. The van der Waals surface area contributed by atoms with Crippen LogP contribution < -0.4 is 5.73 Å². The van der Waals surface area contributed by atoms with E-state index in [-0.39, 0.29) is 5.41 Å². The van der Waals surface area contributed by atoms with Crippen molar-refractivity contribution < 1.29 is 0 Å². The smallest absolute Gasteiger partial charge is 0.0323 e. The zero-order valence-corrected chi connectivity index (χ0v) is 10.7. The highest BCUT2D eigenvalue weighted by Gasteiger charge is 2.18. The minimum atomic E-state index is 0.0853. The SMILES string of the molecule is C=Cc1cc(N)cc(C(C)(C)C)c1/C=C\C. The van der Waals surface area contributed by atoms with Crippen LogP contribution in [0.15, 0.2) is 24.8 Å². The van der Waals surface area contributed by atoms with Gasteiger partial charge in [0.15, 0.2) is 0 Å². The third kappa shape index (κ3) is 2.54. The summed E-state index contributed by atoms with van der Waals surface area (Å²) in [5.74, 6) is 0. The van der Waals surface area contributed by atoms with Crippen LogP contribution in [0, 0.1) is 0 Å². The maximum Gasteiger partial charge on any atom is 0.0323 e. The van der Waals surface area contributed by atoms with E-state index in [4.69, 9.17) is 5.73 Å². The summed E-state index contributed by atoms with van der Waals surface area (Å²) in [4.78, 5) is 0. The van der Waals surface area contributed by atoms with Crippen LogP contribution >= 0.6 is 0 Å². The second-order valence-electron chi connectivity index (χ2n) is 5.03. The maximum absolute atomic E-state index is 5.92. The molecular formula is C15H21N. The van der Waals surface area contributed by atoms with Crippen LogP contribution in [0.5, 0.6) is 0 Å². The fourth-order valence-electron chi connectivity index (χ4n) is 1.84. The van der Waals surface area contributed by atoms with Gasteiger partial charge < -0.3 is 5.73 Å². The van der Waals surface area contributed by atoms with Crippen LogP contribution in [0.1, 0.15) is 44.4 Å². The van der Waals surface area contributed by atoms with E-state index >= 15 is 0 Å². The fraction of sp³-hybridized carbons (Fsp3) is 0.333. The van der Waals surface area contributed by atoms with Crippen LogP contribution in [0.25, 0.3) is 12.2 Å². The average molecular weight is 215 g/mol. The Bertz CT molecular complexity index is 420. The molecule has 0 saturated carbocycles. The molecular weight excluding hydrogens is 194 g/mol. The van der Waals surface area contributed by atoms with Crippen molar-refractivity contribution in [3.63, 3.8) is 0 Å². The van der Waals surface area contributed by atoms with Crippen molar-refractivity contribution in [3.8, 4) is 0 Å². The molecule has 0 unspecified atom stereocenters. The van der Waals surface area contributed by atoms with E-state index in [9.17, 15) is 0 Å². The normalized spacial score (nSPS) is 12.0. The Labute approximate surface area is 98.7 Å². The highest BCUT2D eigenvalue weighted by Crippen LogP contribution is 2.31. The van der Waals surface area contributed by atoms with Gasteiger partial charge >= 0.3 is 0 Å². The molecule has 1 nitrogen and oxygen atoms in total. The van der Waals surface area contributed by atoms with Crippen LogP contribution in [-0.2, 0) is 5.41 Å². The van der Waals surface area contributed by atoms with Gasteiger partial charge in [0.2, 0.25) is 0 Å². The lowest BCUT2D eigenvalue weighted by atomic mass is 9.81. The lowest BCUT2D eigenvalue weighted by Gasteiger charge is -2.23. The van der Waals surface area contributed by atoms with Crippen molar-refractivity contribution in [1.82, 2.24) is 0 Å². The lowest BCUT2D eigenvalue weighted by Crippen LogP contribution is -2.14. The lowest BCUT2D eigenvalue weighted by molar-refractivity contribution is 0.589. The molecule has 1 rings (SSSR count). The molecule has 0 aliphatic heterocycles. The molecule has 0 heterocycles. The molecule has 1 heteroatoms. The van der Waals surface area contributed by atoms with Crippen molar-refractivity contribution in [1.29, 1.82) is 0 Å². The summed E-state index contributed by atoms with van der Waals surface area (Å²) in [5.41, 5.74) is 10.4. The average Bonchev–Trinajstić information content (AvgIpc) is 2.18. The zero-order valence-electron chi connectivity index (χ0n) is 10.7. The predicted molar refractivity (Wildman–Crippen MR) is 74.4 cm³/mol. The summed E-state index contributed by atoms with van der Waals surface area (Å²) in [6, 6.07) is 4.03. The quantitative estimate of drug-likeness (QED) is 0.733. The van der Waals surface area contributed by atoms with E-state index in [1.54, 1.807) is 0 Å². The Balaban J connectivity index is 3.57. The van der Waals surface area contributed by atoms with Crippen LogP contribution in [0.2, 0.25) is 0 Å². The van der Waals surface area contributed by atoms with Gasteiger partial charge in [-0.2, -0.15) is 0 Å². The van der Waals surface area contributed by atoms with Gasteiger partial charge in [0, 0.05) is 5.69 Å². The molecule has 86 valence electrons. The molecule has 0 atom stereocenters. The number of anilines is 1. The first-order valence-corrected chi connectivity index (χ1v) is 5.59. The first kappa shape index (κ1) is 12.6. The van der Waals surface area contributed by atoms with E-state index in [1.807, 2.05) is 25.1 Å². The molecule has 0 spiro atoms. The fourth-order valence-corrected chi connectivity index (χ4v) is 1.84. The summed E-state index contributed by atoms with van der Waals surface area (Å²) in [7, 11) is 0. The molecule has 1 aromatic carbocycles. The molecule has 0 radical (unpaired) electrons. The largest absolute Gasteiger partial charge is 0.399 e. The summed E-state index contributed by atoms with van der Waals surface area (Å²) in [6.07, 6.45) is 6.03. The maximum atomic E-state index is 5.92. The zero-order chi connectivity index (χ0) is 12.3. The van der Waals surface area contributed by atoms with E-state index in [2.05, 4.69) is 39.5 Å². The van der Waals surface area contributed by atoms with Gasteiger partial charge in [-0.3, -0.25) is 0 Å². The molecule has 0 fully saturated rings. The Kier molecular flexibility index (Phi) is 3.58. The van der Waals surface area contributed by atoms with Gasteiger partial charge in [0.25, 0.3) is 0 Å². The highest BCUT2D eigenvalue weighted by molar-refractivity contribution is 5.72. The minimum absolute atomic E-state index is 0.0853. The number of allylic oxidation sites excluding steroid dienone is 1. The number of hydrogen-bond donors (Lipinski definition) is 1. The first-order valence-electron chi connectivity index (χ1n) is 5.59. The third-order valence-corrected chi connectivity index (χ3v) is 2.60. The van der Waals surface area contributed by atoms with Crippen molar-refractivity contribution in [2.75, 3.05) is 5.73 Å². The molecule has 16 heavy (non-hydrogen) atoms. The standard InChI is InChI=1S/C15H21N/c1-6-8-13-11(7-2)9-12(16)10-14(13)15(3,4)5/h6-10H,2,16H2,1,3-5H3/b8-6-. The van der Waals surface area contributed by atoms with Crippen LogP contribution in [0.4, 0.5) is 5.69 Å². The molecule has 0 aliphatic rings. The van der Waals surface area contributed by atoms with E-state index in [0.29, 0.717) is 0 Å². The van der Waals surface area contributed by atoms with Gasteiger partial charge in [0.05, 0.1) is 0 Å². The first-order chi connectivity index (χ1) is 7.40. The summed E-state index contributed by atoms with van der Waals surface area (Å²) >= 11 is 0. The second-order valence-corrected chi connectivity index (χ2v) is 5.03. The van der Waals surface area contributed by atoms with Gasteiger partial charge in [-0.1, -0.05) is 45.6 Å². The summed E-state index contributed by atoms with van der Waals surface area (Å²) < 4.78 is 0. The molecule has 0 saturated heterocycles. The van der Waals surface area contributed by atoms with E-state index in [1.165, 1.54) is 11.1 Å². The number of nitrogens with two attached hydrogens (primary N) is 1. The molecule has 0 aliphatic carbocycles. The Morgan fingerprint density at radius 1 is 1.25 bits per heavy atom. The van der Waals surface area contributed by atoms with Crippen molar-refractivity contribution in [3.05, 3.63) is 41.5 Å². The van der Waals surface area contributed by atoms with Crippen LogP contribution in [0.3, 0.4) is 0 Å². The second kappa shape index (κ2) is 4.56. The van der Waals surface area contributed by atoms with Crippen molar-refractivity contribution in [2.24, 2.45) is 0 Å². The van der Waals surface area contributed by atoms with Crippen molar-refractivity contribution >= 4 is 17.8 Å². The third-order valence-electron chi connectivity index (χ3n) is 2.60. The monoisotopic (exact) mass is 215 g/mol. The van der Waals surface area contributed by atoms with Gasteiger partial charge in [0.1, 0.15) is 0 Å². The van der Waals surface area contributed by atoms with Gasteiger partial charge in [-0.25, -0.2) is 0 Å². The Hall–Kier alpha value is -1.50. The topological polar surface area (TPSA) is 26.0 Å². The molecule has 0 bridgehead atoms. The van der Waals surface area contributed by atoms with E-state index in [0.717, 1.165) is 11.3 Å². The molecule has 0 amide bonds. The van der Waals surface area contributed by atoms with Gasteiger partial charge in [-0.15, -0.1) is 0 Å². The minimum Gasteiger partial charge on any atom is -0.399 e. The summed E-state index contributed by atoms with van der Waals surface area (Å²) in [6.45, 7) is 12.5. The number of hydrogen-bond acceptors (Lipinski definition) is 1.